The van der Waals surface area contributed by atoms with E-state index < -0.39 is 29.7 Å². The fraction of sp³-hybridized carbons (Fsp3) is 0.143. The first-order chi connectivity index (χ1) is 15.3. The van der Waals surface area contributed by atoms with Crippen LogP contribution in [0, 0.1) is 0 Å². The van der Waals surface area contributed by atoms with Crippen LogP contribution in [0.5, 0.6) is 0 Å². The summed E-state index contributed by atoms with van der Waals surface area (Å²) >= 11 is 13.3. The van der Waals surface area contributed by atoms with Gasteiger partial charge in [0.2, 0.25) is 5.91 Å². The molecule has 166 valence electrons. The molecule has 0 aliphatic rings. The van der Waals surface area contributed by atoms with E-state index in [1.807, 2.05) is 12.1 Å². The minimum Gasteiger partial charge on any atom is -0.370 e. The first-order valence-electron chi connectivity index (χ1n) is 9.38. The number of halogens is 2. The van der Waals surface area contributed by atoms with Gasteiger partial charge in [0.1, 0.15) is 10.9 Å². The fourth-order valence-corrected chi connectivity index (χ4v) is 4.36. The van der Waals surface area contributed by atoms with Gasteiger partial charge >= 0.3 is 0 Å². The van der Waals surface area contributed by atoms with Gasteiger partial charge in [-0.1, -0.05) is 41.4 Å². The molecule has 1 heterocycles. The first-order valence-corrected chi connectivity index (χ1v) is 11.0. The van der Waals surface area contributed by atoms with Crippen molar-refractivity contribution < 1.29 is 19.2 Å². The predicted octanol–water partition coefficient (Wildman–Crippen LogP) is 3.03. The highest BCUT2D eigenvalue weighted by Gasteiger charge is 2.24. The maximum absolute atomic E-state index is 12.6. The SMILES string of the molecule is NC(=O)CC[C@H](NC(=O)c1ccc(Cl)cc1)C(=O)NNC(=O)c1sc2ccccc2c1Cl. The lowest BCUT2D eigenvalue weighted by Gasteiger charge is -2.18. The molecule has 1 atom stereocenters. The third-order valence-corrected chi connectivity index (χ3v) is 6.37. The molecule has 0 aliphatic carbocycles. The molecule has 0 saturated carbocycles. The van der Waals surface area contributed by atoms with Crippen molar-refractivity contribution in [3.8, 4) is 0 Å². The van der Waals surface area contributed by atoms with Crippen molar-refractivity contribution in [2.75, 3.05) is 0 Å². The zero-order chi connectivity index (χ0) is 23.3. The number of fused-ring (bicyclic) bond motifs is 1. The second-order valence-corrected chi connectivity index (χ2v) is 8.59. The molecule has 32 heavy (non-hydrogen) atoms. The molecule has 3 aromatic rings. The van der Waals surface area contributed by atoms with Crippen LogP contribution in [-0.4, -0.2) is 29.7 Å². The van der Waals surface area contributed by atoms with Gasteiger partial charge < -0.3 is 11.1 Å². The van der Waals surface area contributed by atoms with Crippen molar-refractivity contribution in [1.29, 1.82) is 0 Å². The summed E-state index contributed by atoms with van der Waals surface area (Å²) in [5.74, 6) is -2.52. The zero-order valence-electron chi connectivity index (χ0n) is 16.5. The Morgan fingerprint density at radius 1 is 0.938 bits per heavy atom. The van der Waals surface area contributed by atoms with E-state index >= 15 is 0 Å². The highest BCUT2D eigenvalue weighted by atomic mass is 35.5. The van der Waals surface area contributed by atoms with E-state index in [1.54, 1.807) is 12.1 Å². The van der Waals surface area contributed by atoms with Gasteiger partial charge in [-0.15, -0.1) is 11.3 Å². The Hall–Kier alpha value is -3.14. The van der Waals surface area contributed by atoms with E-state index in [4.69, 9.17) is 28.9 Å². The van der Waals surface area contributed by atoms with Crippen LogP contribution >= 0.6 is 34.5 Å². The summed E-state index contributed by atoms with van der Waals surface area (Å²) in [4.78, 5) is 49.0. The monoisotopic (exact) mass is 492 g/mol. The number of primary amides is 1. The summed E-state index contributed by atoms with van der Waals surface area (Å²) in [6.45, 7) is 0. The molecule has 0 spiro atoms. The molecule has 0 aliphatic heterocycles. The van der Waals surface area contributed by atoms with Crippen LogP contribution in [0.15, 0.2) is 48.5 Å². The molecule has 2 aromatic carbocycles. The molecule has 0 saturated heterocycles. The molecule has 0 unspecified atom stereocenters. The van der Waals surface area contributed by atoms with Gasteiger partial charge in [-0.25, -0.2) is 0 Å². The fourth-order valence-electron chi connectivity index (χ4n) is 2.82. The highest BCUT2D eigenvalue weighted by Crippen LogP contribution is 2.34. The molecule has 0 radical (unpaired) electrons. The Morgan fingerprint density at radius 2 is 1.62 bits per heavy atom. The largest absolute Gasteiger partial charge is 0.370 e. The summed E-state index contributed by atoms with van der Waals surface area (Å²) < 4.78 is 0.823. The highest BCUT2D eigenvalue weighted by molar-refractivity contribution is 7.21. The van der Waals surface area contributed by atoms with Crippen LogP contribution in [-0.2, 0) is 9.59 Å². The zero-order valence-corrected chi connectivity index (χ0v) is 18.8. The van der Waals surface area contributed by atoms with Gasteiger partial charge in [0, 0.05) is 27.1 Å². The van der Waals surface area contributed by atoms with Crippen LogP contribution in [0.3, 0.4) is 0 Å². The number of nitrogens with one attached hydrogen (secondary N) is 3. The molecule has 1 aromatic heterocycles. The topological polar surface area (TPSA) is 130 Å². The number of thiophene rings is 1. The quantitative estimate of drug-likeness (QED) is 0.377. The number of hydrazine groups is 1. The number of carbonyl (C=O) groups is 4. The van der Waals surface area contributed by atoms with E-state index in [2.05, 4.69) is 16.2 Å². The van der Waals surface area contributed by atoms with Crippen molar-refractivity contribution in [3.05, 3.63) is 69.0 Å². The second kappa shape index (κ2) is 10.4. The molecule has 0 fully saturated rings. The van der Waals surface area contributed by atoms with Gasteiger partial charge in [-0.05, 0) is 36.8 Å². The summed E-state index contributed by atoms with van der Waals surface area (Å²) in [7, 11) is 0. The Labute approximate surface area is 197 Å². The Morgan fingerprint density at radius 3 is 2.28 bits per heavy atom. The van der Waals surface area contributed by atoms with E-state index in [9.17, 15) is 19.2 Å². The van der Waals surface area contributed by atoms with Crippen molar-refractivity contribution in [2.24, 2.45) is 5.73 Å². The van der Waals surface area contributed by atoms with Crippen molar-refractivity contribution in [1.82, 2.24) is 16.2 Å². The second-order valence-electron chi connectivity index (χ2n) is 6.72. The maximum Gasteiger partial charge on any atom is 0.281 e. The Kier molecular flexibility index (Phi) is 7.68. The summed E-state index contributed by atoms with van der Waals surface area (Å²) in [5.41, 5.74) is 10.00. The molecular weight excluding hydrogens is 475 g/mol. The molecule has 0 bridgehead atoms. The third kappa shape index (κ3) is 5.76. The van der Waals surface area contributed by atoms with Crippen LogP contribution in [0.4, 0.5) is 0 Å². The van der Waals surface area contributed by atoms with Gasteiger partial charge in [0.25, 0.3) is 17.7 Å². The number of benzene rings is 2. The van der Waals surface area contributed by atoms with Crippen LogP contribution < -0.4 is 21.9 Å². The lowest BCUT2D eigenvalue weighted by atomic mass is 10.1. The smallest absolute Gasteiger partial charge is 0.281 e. The molecular formula is C21H18Cl2N4O4S. The van der Waals surface area contributed by atoms with Gasteiger partial charge in [0.05, 0.1) is 5.02 Å². The van der Waals surface area contributed by atoms with Gasteiger partial charge in [-0.2, -0.15) is 0 Å². The maximum atomic E-state index is 12.6. The van der Waals surface area contributed by atoms with Crippen LogP contribution in [0.2, 0.25) is 10.0 Å². The predicted molar refractivity (Wildman–Crippen MR) is 124 cm³/mol. The number of rotatable bonds is 7. The van der Waals surface area contributed by atoms with Crippen molar-refractivity contribution in [2.45, 2.75) is 18.9 Å². The molecule has 5 N–H and O–H groups in total. The number of hydrogen-bond donors (Lipinski definition) is 4. The summed E-state index contributed by atoms with van der Waals surface area (Å²) in [6, 6.07) is 12.2. The average Bonchev–Trinajstić information content (AvgIpc) is 3.11. The van der Waals surface area contributed by atoms with Crippen molar-refractivity contribution in [3.63, 3.8) is 0 Å². The molecule has 4 amide bonds. The first kappa shape index (κ1) is 23.5. The number of nitrogens with two attached hydrogens (primary N) is 1. The van der Waals surface area contributed by atoms with E-state index in [1.165, 1.54) is 35.6 Å². The Bertz CT molecular complexity index is 1180. The van der Waals surface area contributed by atoms with Crippen LogP contribution in [0.1, 0.15) is 32.9 Å². The standard InChI is InChI=1S/C21H18Cl2N4O4S/c22-12-7-5-11(6-8-12)19(29)25-14(9-10-16(24)28)20(30)26-27-21(31)18-17(23)13-3-1-2-4-15(13)32-18/h1-8,14H,9-10H2,(H2,24,28)(H,25,29)(H,26,30)(H,27,31)/t14-/m0/s1. The van der Waals surface area contributed by atoms with E-state index in [0.29, 0.717) is 5.02 Å². The average molecular weight is 493 g/mol. The summed E-state index contributed by atoms with van der Waals surface area (Å²) in [6.07, 6.45) is -0.199. The molecule has 3 rings (SSSR count). The lowest BCUT2D eigenvalue weighted by molar-refractivity contribution is -0.124. The van der Waals surface area contributed by atoms with E-state index in [0.717, 1.165) is 10.1 Å². The Balaban J connectivity index is 1.67. The molecule has 11 heteroatoms. The minimum atomic E-state index is -1.12. The summed E-state index contributed by atoms with van der Waals surface area (Å²) in [5, 5.41) is 3.98. The number of carbonyl (C=O) groups excluding carboxylic acids is 4. The van der Waals surface area contributed by atoms with Crippen molar-refractivity contribution >= 4 is 68.3 Å². The number of hydrogen-bond acceptors (Lipinski definition) is 5. The van der Waals surface area contributed by atoms with E-state index in [-0.39, 0.29) is 28.3 Å². The number of amides is 4. The third-order valence-electron chi connectivity index (χ3n) is 4.45. The lowest BCUT2D eigenvalue weighted by Crippen LogP contribution is -2.52. The minimum absolute atomic E-state index is 0.0555. The van der Waals surface area contributed by atoms with Crippen LogP contribution in [0.25, 0.3) is 10.1 Å². The van der Waals surface area contributed by atoms with Gasteiger partial charge in [-0.3, -0.25) is 30.0 Å². The molecule has 8 nitrogen and oxygen atoms in total. The normalized spacial score (nSPS) is 11.6. The van der Waals surface area contributed by atoms with Gasteiger partial charge in [0.15, 0.2) is 0 Å².